The smallest absolute Gasteiger partial charge is 0.280 e. The lowest BCUT2D eigenvalue weighted by atomic mass is 10.1. The molecule has 2 heterocycles. The van der Waals surface area contributed by atoms with Crippen molar-refractivity contribution >= 4 is 22.8 Å². The second kappa shape index (κ2) is 7.44. The molecule has 29 heavy (non-hydrogen) atoms. The quantitative estimate of drug-likeness (QED) is 0.270. The van der Waals surface area contributed by atoms with Crippen molar-refractivity contribution in [3.63, 3.8) is 0 Å². The molecule has 142 valence electrons. The zero-order chi connectivity index (χ0) is 20.4. The van der Waals surface area contributed by atoms with Gasteiger partial charge in [-0.3, -0.25) is 10.1 Å². The molecule has 2 aromatic carbocycles. The second-order valence-corrected chi connectivity index (χ2v) is 6.62. The number of hydrogen-bond acceptors (Lipinski definition) is 5. The number of imidazole rings is 1. The molecule has 0 aliphatic carbocycles. The van der Waals surface area contributed by atoms with E-state index < -0.39 is 4.92 Å². The lowest BCUT2D eigenvalue weighted by Gasteiger charge is -2.03. The zero-order valence-corrected chi connectivity index (χ0v) is 15.6. The van der Waals surface area contributed by atoms with E-state index in [1.54, 1.807) is 43.6 Å². The average molecular weight is 384 g/mol. The van der Waals surface area contributed by atoms with Crippen LogP contribution in [0.15, 0.2) is 70.9 Å². The summed E-state index contributed by atoms with van der Waals surface area (Å²) in [5, 5.41) is 20.9. The van der Waals surface area contributed by atoms with Crippen molar-refractivity contribution in [2.75, 3.05) is 0 Å². The van der Waals surface area contributed by atoms with Gasteiger partial charge in [0.15, 0.2) is 0 Å². The molecule has 0 fully saturated rings. The lowest BCUT2D eigenvalue weighted by Crippen LogP contribution is -1.98. The summed E-state index contributed by atoms with van der Waals surface area (Å²) in [4.78, 5) is 15.3. The van der Waals surface area contributed by atoms with Crippen molar-refractivity contribution in [2.24, 2.45) is 0 Å². The van der Waals surface area contributed by atoms with Crippen LogP contribution < -0.4 is 0 Å². The maximum atomic E-state index is 11.4. The minimum atomic E-state index is -0.425. The Labute approximate surface area is 166 Å². The van der Waals surface area contributed by atoms with Crippen molar-refractivity contribution in [3.8, 4) is 17.4 Å². The Bertz CT molecular complexity index is 1290. The van der Waals surface area contributed by atoms with E-state index in [0.717, 1.165) is 16.6 Å². The lowest BCUT2D eigenvalue weighted by molar-refractivity contribution is -0.384. The molecule has 0 spiro atoms. The normalized spacial score (nSPS) is 11.5. The van der Waals surface area contributed by atoms with E-state index in [1.165, 1.54) is 6.07 Å². The molecular weight excluding hydrogens is 368 g/mol. The summed E-state index contributed by atoms with van der Waals surface area (Å²) in [5.74, 6) is 0.837. The van der Waals surface area contributed by atoms with Gasteiger partial charge in [-0.25, -0.2) is 4.98 Å². The third-order valence-electron chi connectivity index (χ3n) is 4.57. The fourth-order valence-electron chi connectivity index (χ4n) is 3.18. The van der Waals surface area contributed by atoms with Crippen LogP contribution in [0.5, 0.6) is 0 Å². The fourth-order valence-corrected chi connectivity index (χ4v) is 3.18. The van der Waals surface area contributed by atoms with E-state index >= 15 is 0 Å². The molecule has 0 aliphatic rings. The molecule has 0 radical (unpaired) electrons. The van der Waals surface area contributed by atoms with Crippen molar-refractivity contribution in [1.82, 2.24) is 9.55 Å². The first-order chi connectivity index (χ1) is 14.0. The van der Waals surface area contributed by atoms with Gasteiger partial charge in [-0.05, 0) is 48.9 Å². The summed E-state index contributed by atoms with van der Waals surface area (Å²) in [6.07, 6.45) is 3.33. The van der Waals surface area contributed by atoms with Crippen LogP contribution in [0, 0.1) is 28.4 Å². The molecule has 7 heteroatoms. The highest BCUT2D eigenvalue weighted by Gasteiger charge is 2.18. The highest BCUT2D eigenvalue weighted by molar-refractivity contribution is 5.75. The monoisotopic (exact) mass is 384 g/mol. The average Bonchev–Trinajstić information content (AvgIpc) is 3.35. The van der Waals surface area contributed by atoms with Gasteiger partial charge in [-0.2, -0.15) is 5.26 Å². The number of aromatic nitrogens is 2. The predicted octanol–water partition coefficient (Wildman–Crippen LogP) is 5.12. The molecule has 7 nitrogen and oxygen atoms in total. The molecule has 0 N–H and O–H groups in total. The van der Waals surface area contributed by atoms with Crippen molar-refractivity contribution < 1.29 is 9.34 Å². The zero-order valence-electron chi connectivity index (χ0n) is 15.6. The number of benzene rings is 2. The Hall–Kier alpha value is -4.18. The van der Waals surface area contributed by atoms with Crippen LogP contribution >= 0.6 is 0 Å². The highest BCUT2D eigenvalue weighted by Crippen LogP contribution is 2.32. The first kappa shape index (κ1) is 18.2. The number of furan rings is 1. The molecule has 4 aromatic rings. The third-order valence-corrected chi connectivity index (χ3v) is 4.57. The number of allylic oxidation sites excluding steroid dienone is 1. The third kappa shape index (κ3) is 3.64. The maximum Gasteiger partial charge on any atom is 0.280 e. The number of aryl methyl sites for hydroxylation is 1. The summed E-state index contributed by atoms with van der Waals surface area (Å²) in [6.45, 7) is 2.14. The number of nitro groups is 1. The molecule has 0 amide bonds. The molecule has 0 saturated carbocycles. The Morgan fingerprint density at radius 1 is 1.28 bits per heavy atom. The van der Waals surface area contributed by atoms with Crippen LogP contribution in [0.1, 0.15) is 11.3 Å². The Balaban J connectivity index is 1.65. The van der Waals surface area contributed by atoms with Crippen LogP contribution in [-0.2, 0) is 6.54 Å². The van der Waals surface area contributed by atoms with Crippen LogP contribution in [0.2, 0.25) is 0 Å². The first-order valence-electron chi connectivity index (χ1n) is 8.91. The van der Waals surface area contributed by atoms with Crippen LogP contribution in [0.3, 0.4) is 0 Å². The molecule has 0 bridgehead atoms. The largest absolute Gasteiger partial charge is 0.456 e. The number of hydrogen-bond donors (Lipinski definition) is 0. The van der Waals surface area contributed by atoms with Crippen molar-refractivity contribution in [3.05, 3.63) is 87.9 Å². The molecule has 0 unspecified atom stereocenters. The highest BCUT2D eigenvalue weighted by atomic mass is 16.6. The van der Waals surface area contributed by atoms with Gasteiger partial charge in [0.1, 0.15) is 11.5 Å². The topological polar surface area (TPSA) is 97.9 Å². The number of nitriles is 1. The Kier molecular flexibility index (Phi) is 4.67. The molecule has 0 atom stereocenters. The van der Waals surface area contributed by atoms with Gasteiger partial charge in [0.2, 0.25) is 0 Å². The van der Waals surface area contributed by atoms with Gasteiger partial charge in [0.25, 0.3) is 5.69 Å². The van der Waals surface area contributed by atoms with Crippen molar-refractivity contribution in [2.45, 2.75) is 13.5 Å². The van der Waals surface area contributed by atoms with E-state index in [1.807, 2.05) is 28.8 Å². The molecule has 0 aliphatic heterocycles. The van der Waals surface area contributed by atoms with E-state index in [0.29, 0.717) is 29.2 Å². The summed E-state index contributed by atoms with van der Waals surface area (Å²) in [6, 6.07) is 18.2. The standard InChI is InChI=1S/C22H16N4O3/c1-15-6-8-18(21(10-15)26(27)28)22-9-7-17(29-22)11-16(12-23)13-25-14-24-19-4-2-3-5-20(19)25/h2-11,14H,13H2,1H3/b16-11-. The summed E-state index contributed by atoms with van der Waals surface area (Å²) in [7, 11) is 0. The fraction of sp³-hybridized carbons (Fsp3) is 0.0909. The summed E-state index contributed by atoms with van der Waals surface area (Å²) < 4.78 is 7.67. The van der Waals surface area contributed by atoms with Gasteiger partial charge in [0.05, 0.1) is 46.0 Å². The van der Waals surface area contributed by atoms with Gasteiger partial charge < -0.3 is 8.98 Å². The van der Waals surface area contributed by atoms with Gasteiger partial charge in [-0.1, -0.05) is 18.2 Å². The van der Waals surface area contributed by atoms with Crippen LogP contribution in [0.25, 0.3) is 28.4 Å². The van der Waals surface area contributed by atoms with Crippen LogP contribution in [0.4, 0.5) is 5.69 Å². The minimum Gasteiger partial charge on any atom is -0.456 e. The first-order valence-corrected chi connectivity index (χ1v) is 8.91. The number of rotatable bonds is 5. The Morgan fingerprint density at radius 3 is 2.90 bits per heavy atom. The van der Waals surface area contributed by atoms with Gasteiger partial charge >= 0.3 is 0 Å². The predicted molar refractivity (Wildman–Crippen MR) is 109 cm³/mol. The van der Waals surface area contributed by atoms with E-state index in [-0.39, 0.29) is 5.69 Å². The number of nitrogens with zero attached hydrogens (tertiary/aromatic N) is 4. The van der Waals surface area contributed by atoms with Crippen LogP contribution in [-0.4, -0.2) is 14.5 Å². The van der Waals surface area contributed by atoms with Gasteiger partial charge in [-0.15, -0.1) is 0 Å². The minimum absolute atomic E-state index is 0.0136. The van der Waals surface area contributed by atoms with Gasteiger partial charge in [0, 0.05) is 6.07 Å². The molecule has 2 aromatic heterocycles. The molecule has 0 saturated heterocycles. The van der Waals surface area contributed by atoms with E-state index in [2.05, 4.69) is 11.1 Å². The SMILES string of the molecule is Cc1ccc(-c2ccc(/C=C(/C#N)Cn3cnc4ccccc43)o2)c([N+](=O)[O-])c1. The number of nitro benzene ring substituents is 1. The van der Waals surface area contributed by atoms with E-state index in [9.17, 15) is 15.4 Å². The summed E-state index contributed by atoms with van der Waals surface area (Å²) in [5.41, 5.74) is 3.46. The summed E-state index contributed by atoms with van der Waals surface area (Å²) >= 11 is 0. The van der Waals surface area contributed by atoms with Crippen molar-refractivity contribution in [1.29, 1.82) is 5.26 Å². The Morgan fingerprint density at radius 2 is 2.10 bits per heavy atom. The maximum absolute atomic E-state index is 11.4. The number of para-hydroxylation sites is 2. The number of fused-ring (bicyclic) bond motifs is 1. The van der Waals surface area contributed by atoms with E-state index in [4.69, 9.17) is 4.42 Å². The molecular formula is C22H16N4O3. The molecule has 4 rings (SSSR count). The second-order valence-electron chi connectivity index (χ2n) is 6.62.